The van der Waals surface area contributed by atoms with Gasteiger partial charge in [-0.1, -0.05) is 17.7 Å². The molecule has 2 N–H and O–H groups in total. The van der Waals surface area contributed by atoms with Gasteiger partial charge in [-0.25, -0.2) is 4.98 Å². The van der Waals surface area contributed by atoms with Crippen LogP contribution in [-0.2, 0) is 6.54 Å². The summed E-state index contributed by atoms with van der Waals surface area (Å²) in [4.78, 5) is 4.15. The topological polar surface area (TPSA) is 57.4 Å². The Morgan fingerprint density at radius 3 is 2.68 bits per heavy atom. The highest BCUT2D eigenvalue weighted by atomic mass is 35.5. The lowest BCUT2D eigenvalue weighted by molar-refractivity contribution is 0.374. The molecule has 0 saturated heterocycles. The first-order valence-electron chi connectivity index (χ1n) is 5.81. The molecule has 19 heavy (non-hydrogen) atoms. The first kappa shape index (κ1) is 13.6. The summed E-state index contributed by atoms with van der Waals surface area (Å²) >= 11 is 6.10. The van der Waals surface area contributed by atoms with Crippen LogP contribution >= 0.6 is 11.6 Å². The van der Waals surface area contributed by atoms with Crippen molar-refractivity contribution in [3.8, 4) is 17.4 Å². The largest absolute Gasteiger partial charge is 0.493 e. The molecule has 0 aliphatic carbocycles. The lowest BCUT2D eigenvalue weighted by atomic mass is 10.2. The molecule has 1 aromatic heterocycles. The Hall–Kier alpha value is -1.78. The van der Waals surface area contributed by atoms with E-state index in [0.717, 1.165) is 11.1 Å². The Kier molecular flexibility index (Phi) is 4.24. The molecule has 5 heteroatoms. The molecule has 1 heterocycles. The highest BCUT2D eigenvalue weighted by molar-refractivity contribution is 6.31. The van der Waals surface area contributed by atoms with Crippen LogP contribution in [-0.4, -0.2) is 12.1 Å². The van der Waals surface area contributed by atoms with E-state index in [2.05, 4.69) is 4.98 Å². The predicted octanol–water partition coefficient (Wildman–Crippen LogP) is 3.30. The highest BCUT2D eigenvalue weighted by Gasteiger charge is 2.10. The predicted molar refractivity (Wildman–Crippen MR) is 74.9 cm³/mol. The number of aromatic nitrogens is 1. The van der Waals surface area contributed by atoms with E-state index in [4.69, 9.17) is 26.8 Å². The third-order valence-corrected chi connectivity index (χ3v) is 2.90. The van der Waals surface area contributed by atoms with E-state index in [1.807, 2.05) is 25.1 Å². The van der Waals surface area contributed by atoms with Crippen molar-refractivity contribution in [1.82, 2.24) is 4.98 Å². The summed E-state index contributed by atoms with van der Waals surface area (Å²) in [6.07, 6.45) is 1.64. The smallest absolute Gasteiger partial charge is 0.238 e. The number of rotatable bonds is 4. The van der Waals surface area contributed by atoms with Gasteiger partial charge in [0.1, 0.15) is 5.02 Å². The van der Waals surface area contributed by atoms with Crippen LogP contribution in [0, 0.1) is 6.92 Å². The second-order valence-electron chi connectivity index (χ2n) is 4.09. The van der Waals surface area contributed by atoms with Gasteiger partial charge in [0.25, 0.3) is 0 Å². The Labute approximate surface area is 117 Å². The average Bonchev–Trinajstić information content (AvgIpc) is 2.42. The van der Waals surface area contributed by atoms with Gasteiger partial charge in [0, 0.05) is 12.7 Å². The van der Waals surface area contributed by atoms with Gasteiger partial charge in [-0.15, -0.1) is 0 Å². The second kappa shape index (κ2) is 5.91. The number of ether oxygens (including phenoxy) is 2. The van der Waals surface area contributed by atoms with Crippen molar-refractivity contribution < 1.29 is 9.47 Å². The fraction of sp³-hybridized carbons (Fsp3) is 0.214. The zero-order valence-corrected chi connectivity index (χ0v) is 11.6. The first-order chi connectivity index (χ1) is 9.13. The van der Waals surface area contributed by atoms with Crippen molar-refractivity contribution in [2.45, 2.75) is 13.5 Å². The van der Waals surface area contributed by atoms with Gasteiger partial charge < -0.3 is 15.2 Å². The van der Waals surface area contributed by atoms with Gasteiger partial charge >= 0.3 is 0 Å². The van der Waals surface area contributed by atoms with Gasteiger partial charge in [0.05, 0.1) is 7.11 Å². The molecule has 0 saturated carbocycles. The monoisotopic (exact) mass is 278 g/mol. The molecule has 2 rings (SSSR count). The van der Waals surface area contributed by atoms with E-state index < -0.39 is 0 Å². The van der Waals surface area contributed by atoms with Gasteiger partial charge in [0.2, 0.25) is 5.88 Å². The molecule has 0 fully saturated rings. The number of halogens is 1. The van der Waals surface area contributed by atoms with Gasteiger partial charge in [-0.3, -0.25) is 0 Å². The minimum Gasteiger partial charge on any atom is -0.493 e. The maximum absolute atomic E-state index is 6.10. The van der Waals surface area contributed by atoms with Crippen molar-refractivity contribution in [1.29, 1.82) is 0 Å². The number of methoxy groups -OCH3 is 1. The molecular weight excluding hydrogens is 264 g/mol. The van der Waals surface area contributed by atoms with Crippen LogP contribution in [0.15, 0.2) is 30.5 Å². The second-order valence-corrected chi connectivity index (χ2v) is 4.50. The Bertz CT molecular complexity index is 588. The van der Waals surface area contributed by atoms with E-state index in [-0.39, 0.29) is 0 Å². The molecule has 0 radical (unpaired) electrons. The van der Waals surface area contributed by atoms with Crippen LogP contribution in [0.1, 0.15) is 11.1 Å². The average molecular weight is 279 g/mol. The fourth-order valence-electron chi connectivity index (χ4n) is 1.61. The van der Waals surface area contributed by atoms with Crippen LogP contribution in [0.5, 0.6) is 17.4 Å². The number of nitrogens with zero attached hydrogens (tertiary/aromatic N) is 1. The van der Waals surface area contributed by atoms with Crippen LogP contribution < -0.4 is 15.2 Å². The number of hydrogen-bond acceptors (Lipinski definition) is 4. The van der Waals surface area contributed by atoms with E-state index in [1.165, 1.54) is 0 Å². The van der Waals surface area contributed by atoms with Crippen LogP contribution in [0.4, 0.5) is 0 Å². The summed E-state index contributed by atoms with van der Waals surface area (Å²) < 4.78 is 10.9. The number of benzene rings is 1. The number of pyridine rings is 1. The molecule has 0 unspecified atom stereocenters. The summed E-state index contributed by atoms with van der Waals surface area (Å²) in [5.74, 6) is 1.55. The Balaban J connectivity index is 2.31. The zero-order valence-electron chi connectivity index (χ0n) is 10.8. The van der Waals surface area contributed by atoms with Gasteiger partial charge in [-0.05, 0) is 36.2 Å². The maximum atomic E-state index is 6.10. The summed E-state index contributed by atoms with van der Waals surface area (Å²) in [5, 5.41) is 0.422. The quantitative estimate of drug-likeness (QED) is 0.932. The Morgan fingerprint density at radius 2 is 2.05 bits per heavy atom. The van der Waals surface area contributed by atoms with E-state index in [0.29, 0.717) is 28.9 Å². The van der Waals surface area contributed by atoms with Crippen molar-refractivity contribution in [3.63, 3.8) is 0 Å². The normalized spacial score (nSPS) is 10.3. The molecule has 1 aromatic carbocycles. The molecule has 0 amide bonds. The fourth-order valence-corrected chi connectivity index (χ4v) is 1.84. The number of aryl methyl sites for hydroxylation is 1. The van der Waals surface area contributed by atoms with Gasteiger partial charge in [-0.2, -0.15) is 0 Å². The van der Waals surface area contributed by atoms with Crippen molar-refractivity contribution in [2.75, 3.05) is 7.11 Å². The number of hydrogen-bond donors (Lipinski definition) is 1. The lowest BCUT2D eigenvalue weighted by Crippen LogP contribution is -1.98. The number of nitrogens with two attached hydrogens (primary N) is 1. The molecule has 4 nitrogen and oxygen atoms in total. The summed E-state index contributed by atoms with van der Waals surface area (Å²) in [7, 11) is 1.59. The van der Waals surface area contributed by atoms with E-state index in [1.54, 1.807) is 19.4 Å². The third-order valence-electron chi connectivity index (χ3n) is 2.63. The van der Waals surface area contributed by atoms with Crippen molar-refractivity contribution in [2.24, 2.45) is 5.73 Å². The summed E-state index contributed by atoms with van der Waals surface area (Å²) in [6.45, 7) is 2.37. The molecule has 0 atom stereocenters. The highest BCUT2D eigenvalue weighted by Crippen LogP contribution is 2.34. The van der Waals surface area contributed by atoms with E-state index in [9.17, 15) is 0 Å². The summed E-state index contributed by atoms with van der Waals surface area (Å²) in [6, 6.07) is 7.38. The minimum absolute atomic E-state index is 0.334. The van der Waals surface area contributed by atoms with Crippen molar-refractivity contribution >= 4 is 11.6 Å². The molecule has 100 valence electrons. The molecule has 2 aromatic rings. The lowest BCUT2D eigenvalue weighted by Gasteiger charge is -2.11. The molecule has 0 aliphatic rings. The van der Waals surface area contributed by atoms with Crippen molar-refractivity contribution in [3.05, 3.63) is 46.6 Å². The molecule has 0 aliphatic heterocycles. The molecule has 0 bridgehead atoms. The zero-order chi connectivity index (χ0) is 13.8. The maximum Gasteiger partial charge on any atom is 0.238 e. The van der Waals surface area contributed by atoms with Crippen LogP contribution in [0.25, 0.3) is 0 Å². The molecular formula is C14H15ClN2O2. The SMILES string of the molecule is COc1cc(C)ccc1Oc1ncc(CN)cc1Cl. The van der Waals surface area contributed by atoms with Gasteiger partial charge in [0.15, 0.2) is 11.5 Å². The third kappa shape index (κ3) is 3.16. The van der Waals surface area contributed by atoms with Crippen LogP contribution in [0.3, 0.4) is 0 Å². The minimum atomic E-state index is 0.334. The first-order valence-corrected chi connectivity index (χ1v) is 6.19. The summed E-state index contributed by atoms with van der Waals surface area (Å²) in [5.41, 5.74) is 7.46. The van der Waals surface area contributed by atoms with Crippen LogP contribution in [0.2, 0.25) is 5.02 Å². The standard InChI is InChI=1S/C14H15ClN2O2/c1-9-3-4-12(13(5-9)18-2)19-14-11(15)6-10(7-16)8-17-14/h3-6,8H,7,16H2,1-2H3. The van der Waals surface area contributed by atoms with E-state index >= 15 is 0 Å². The molecule has 0 spiro atoms. The Morgan fingerprint density at radius 1 is 1.26 bits per heavy atom.